The maximum Gasteiger partial charge on any atom is 0.337 e. The van der Waals surface area contributed by atoms with Crippen LogP contribution in [0.25, 0.3) is 0 Å². The zero-order valence-corrected chi connectivity index (χ0v) is 18.6. The molecule has 7 nitrogen and oxygen atoms in total. The molecule has 0 spiro atoms. The number of hydrogen-bond donors (Lipinski definition) is 3. The molecule has 3 rings (SSSR count). The van der Waals surface area contributed by atoms with E-state index in [1.165, 1.54) is 13.3 Å². The van der Waals surface area contributed by atoms with Crippen LogP contribution in [0, 0.1) is 13.8 Å². The van der Waals surface area contributed by atoms with E-state index in [1.807, 2.05) is 38.1 Å². The van der Waals surface area contributed by atoms with Gasteiger partial charge in [-0.05, 0) is 61.4 Å². The first-order valence-electron chi connectivity index (χ1n) is 10.3. The Bertz CT molecular complexity index is 1140. The average molecular weight is 444 g/mol. The van der Waals surface area contributed by atoms with Crippen LogP contribution in [0.4, 0.5) is 17.1 Å². The third kappa shape index (κ3) is 6.07. The monoisotopic (exact) mass is 443 g/mol. The standard InChI is InChI=1S/C26H25N3O4/c1-17-8-4-6-10-22(17)28-24(30)21(25(31)29-23-11-7-5-9-18(23)2)16-27-20-14-12-19(13-15-20)26(32)33-3/h4-16,27H,1-3H3,(H,28,30)(H,29,31). The summed E-state index contributed by atoms with van der Waals surface area (Å²) in [5, 5.41) is 8.54. The van der Waals surface area contributed by atoms with E-state index >= 15 is 0 Å². The number of carbonyl (C=O) groups excluding carboxylic acids is 3. The van der Waals surface area contributed by atoms with Crippen LogP contribution in [0.2, 0.25) is 0 Å². The van der Waals surface area contributed by atoms with Gasteiger partial charge in [0, 0.05) is 23.3 Å². The normalized spacial score (nSPS) is 10.0. The molecule has 168 valence electrons. The highest BCUT2D eigenvalue weighted by molar-refractivity contribution is 6.26. The largest absolute Gasteiger partial charge is 0.465 e. The molecule has 0 bridgehead atoms. The van der Waals surface area contributed by atoms with Gasteiger partial charge < -0.3 is 20.7 Å². The topological polar surface area (TPSA) is 96.5 Å². The van der Waals surface area contributed by atoms with Gasteiger partial charge in [-0.3, -0.25) is 9.59 Å². The minimum absolute atomic E-state index is 0.112. The Morgan fingerprint density at radius 1 is 0.727 bits per heavy atom. The van der Waals surface area contributed by atoms with E-state index in [0.29, 0.717) is 22.6 Å². The summed E-state index contributed by atoms with van der Waals surface area (Å²) in [4.78, 5) is 37.7. The van der Waals surface area contributed by atoms with Crippen molar-refractivity contribution in [2.75, 3.05) is 23.1 Å². The zero-order chi connectivity index (χ0) is 23.8. The number of aryl methyl sites for hydroxylation is 2. The molecule has 7 heteroatoms. The van der Waals surface area contributed by atoms with E-state index < -0.39 is 17.8 Å². The van der Waals surface area contributed by atoms with Crippen molar-refractivity contribution in [1.29, 1.82) is 0 Å². The van der Waals surface area contributed by atoms with Gasteiger partial charge in [0.05, 0.1) is 12.7 Å². The van der Waals surface area contributed by atoms with Crippen molar-refractivity contribution >= 4 is 34.8 Å². The van der Waals surface area contributed by atoms with Crippen LogP contribution in [-0.4, -0.2) is 24.9 Å². The Hall–Kier alpha value is -4.39. The highest BCUT2D eigenvalue weighted by Crippen LogP contribution is 2.18. The van der Waals surface area contributed by atoms with Gasteiger partial charge in [0.25, 0.3) is 11.8 Å². The Morgan fingerprint density at radius 2 is 1.21 bits per heavy atom. The zero-order valence-electron chi connectivity index (χ0n) is 18.6. The van der Waals surface area contributed by atoms with E-state index in [4.69, 9.17) is 4.74 Å². The van der Waals surface area contributed by atoms with E-state index in [2.05, 4.69) is 16.0 Å². The Kier molecular flexibility index (Phi) is 7.60. The molecule has 0 unspecified atom stereocenters. The highest BCUT2D eigenvalue weighted by atomic mass is 16.5. The molecule has 0 heterocycles. The lowest BCUT2D eigenvalue weighted by Gasteiger charge is -2.13. The second kappa shape index (κ2) is 10.8. The Morgan fingerprint density at radius 3 is 1.67 bits per heavy atom. The number of hydrogen-bond acceptors (Lipinski definition) is 5. The molecule has 3 N–H and O–H groups in total. The fraction of sp³-hybridized carbons (Fsp3) is 0.115. The quantitative estimate of drug-likeness (QED) is 0.214. The molecular weight excluding hydrogens is 418 g/mol. The van der Waals surface area contributed by atoms with Crippen molar-refractivity contribution in [2.45, 2.75) is 13.8 Å². The number of benzene rings is 3. The number of amides is 2. The van der Waals surface area contributed by atoms with E-state index in [9.17, 15) is 14.4 Å². The maximum atomic E-state index is 13.0. The highest BCUT2D eigenvalue weighted by Gasteiger charge is 2.20. The molecule has 0 aliphatic heterocycles. The third-order valence-electron chi connectivity index (χ3n) is 4.96. The smallest absolute Gasteiger partial charge is 0.337 e. The summed E-state index contributed by atoms with van der Waals surface area (Å²) < 4.78 is 4.69. The molecule has 0 aromatic heterocycles. The van der Waals surface area contributed by atoms with Crippen LogP contribution in [0.3, 0.4) is 0 Å². The maximum absolute atomic E-state index is 13.0. The number of anilines is 3. The molecule has 0 saturated carbocycles. The molecule has 0 fully saturated rings. The number of rotatable bonds is 7. The van der Waals surface area contributed by atoms with E-state index in [0.717, 1.165) is 11.1 Å². The Balaban J connectivity index is 1.86. The van der Waals surface area contributed by atoms with Crippen molar-refractivity contribution in [1.82, 2.24) is 0 Å². The predicted molar refractivity (Wildman–Crippen MR) is 129 cm³/mol. The van der Waals surface area contributed by atoms with Gasteiger partial charge in [-0.25, -0.2) is 4.79 Å². The van der Waals surface area contributed by atoms with Crippen molar-refractivity contribution in [3.63, 3.8) is 0 Å². The molecule has 0 saturated heterocycles. The second-order valence-electron chi connectivity index (χ2n) is 7.31. The number of methoxy groups -OCH3 is 1. The van der Waals surface area contributed by atoms with Crippen LogP contribution in [0.1, 0.15) is 21.5 Å². The molecule has 0 radical (unpaired) electrons. The molecule has 3 aromatic carbocycles. The molecule has 0 atom stereocenters. The number of esters is 1. The van der Waals surface area contributed by atoms with Gasteiger partial charge in [-0.1, -0.05) is 36.4 Å². The lowest BCUT2D eigenvalue weighted by Crippen LogP contribution is -2.26. The lowest BCUT2D eigenvalue weighted by molar-refractivity contribution is -0.118. The van der Waals surface area contributed by atoms with Gasteiger partial charge in [-0.2, -0.15) is 0 Å². The molecular formula is C26H25N3O4. The van der Waals surface area contributed by atoms with Crippen molar-refractivity contribution < 1.29 is 19.1 Å². The fourth-order valence-corrected chi connectivity index (χ4v) is 3.02. The van der Waals surface area contributed by atoms with Crippen molar-refractivity contribution in [3.05, 3.63) is 101 Å². The summed E-state index contributed by atoms with van der Waals surface area (Å²) in [5.41, 5.74) is 3.83. The SMILES string of the molecule is COC(=O)c1ccc(NC=C(C(=O)Nc2ccccc2C)C(=O)Nc2ccccc2C)cc1. The summed E-state index contributed by atoms with van der Waals surface area (Å²) in [6, 6.07) is 21.1. The fourth-order valence-electron chi connectivity index (χ4n) is 3.02. The Labute approximate surface area is 192 Å². The first-order chi connectivity index (χ1) is 15.9. The van der Waals surface area contributed by atoms with Crippen LogP contribution in [-0.2, 0) is 14.3 Å². The summed E-state index contributed by atoms with van der Waals surface area (Å²) in [6.07, 6.45) is 1.34. The summed E-state index contributed by atoms with van der Waals surface area (Å²) in [6.45, 7) is 3.74. The average Bonchev–Trinajstić information content (AvgIpc) is 2.82. The molecule has 3 aromatic rings. The number of para-hydroxylation sites is 2. The number of carbonyl (C=O) groups is 3. The van der Waals surface area contributed by atoms with Crippen LogP contribution >= 0.6 is 0 Å². The summed E-state index contributed by atoms with van der Waals surface area (Å²) >= 11 is 0. The van der Waals surface area contributed by atoms with E-state index in [-0.39, 0.29) is 5.57 Å². The van der Waals surface area contributed by atoms with Crippen LogP contribution in [0.15, 0.2) is 84.6 Å². The summed E-state index contributed by atoms with van der Waals surface area (Å²) in [7, 11) is 1.31. The predicted octanol–water partition coefficient (Wildman–Crippen LogP) is 4.66. The minimum atomic E-state index is -0.561. The van der Waals surface area contributed by atoms with E-state index in [1.54, 1.807) is 48.5 Å². The minimum Gasteiger partial charge on any atom is -0.465 e. The van der Waals surface area contributed by atoms with Gasteiger partial charge in [0.1, 0.15) is 5.57 Å². The van der Waals surface area contributed by atoms with Gasteiger partial charge in [0.2, 0.25) is 0 Å². The molecule has 33 heavy (non-hydrogen) atoms. The van der Waals surface area contributed by atoms with Crippen molar-refractivity contribution in [3.8, 4) is 0 Å². The van der Waals surface area contributed by atoms with Crippen LogP contribution in [0.5, 0.6) is 0 Å². The van der Waals surface area contributed by atoms with Gasteiger partial charge in [0.15, 0.2) is 0 Å². The third-order valence-corrected chi connectivity index (χ3v) is 4.96. The second-order valence-corrected chi connectivity index (χ2v) is 7.31. The van der Waals surface area contributed by atoms with Gasteiger partial charge >= 0.3 is 5.97 Å². The van der Waals surface area contributed by atoms with Crippen LogP contribution < -0.4 is 16.0 Å². The molecule has 2 amide bonds. The van der Waals surface area contributed by atoms with Crippen molar-refractivity contribution in [2.24, 2.45) is 0 Å². The first-order valence-corrected chi connectivity index (χ1v) is 10.3. The number of ether oxygens (including phenoxy) is 1. The molecule has 0 aliphatic carbocycles. The first kappa shape index (κ1) is 23.3. The van der Waals surface area contributed by atoms with Gasteiger partial charge in [-0.15, -0.1) is 0 Å². The number of nitrogens with one attached hydrogen (secondary N) is 3. The molecule has 0 aliphatic rings. The summed E-state index contributed by atoms with van der Waals surface area (Å²) in [5.74, 6) is -1.57. The lowest BCUT2D eigenvalue weighted by atomic mass is 10.1.